The van der Waals surface area contributed by atoms with Gasteiger partial charge < -0.3 is 4.74 Å². The van der Waals surface area contributed by atoms with Crippen LogP contribution in [-0.2, 0) is 22.4 Å². The Labute approximate surface area is 145 Å². The van der Waals surface area contributed by atoms with Crippen LogP contribution in [-0.4, -0.2) is 10.7 Å². The van der Waals surface area contributed by atoms with E-state index in [2.05, 4.69) is 21.3 Å². The van der Waals surface area contributed by atoms with E-state index in [0.29, 0.717) is 0 Å². The van der Waals surface area contributed by atoms with Gasteiger partial charge in [0.05, 0.1) is 24.3 Å². The summed E-state index contributed by atoms with van der Waals surface area (Å²) in [7, 11) is 2.04. The topological polar surface area (TPSA) is 27.3 Å². The molecular weight excluding hydrogens is 300 g/mol. The first kappa shape index (κ1) is 18.3. The summed E-state index contributed by atoms with van der Waals surface area (Å²) >= 11 is 0. The lowest BCUT2D eigenvalue weighted by Gasteiger charge is -2.34. The number of allylic oxidation sites excluding steroid dienone is 1. The van der Waals surface area contributed by atoms with E-state index in [4.69, 9.17) is 9.47 Å². The third kappa shape index (κ3) is 2.65. The normalized spacial score (nSPS) is 23.0. The van der Waals surface area contributed by atoms with Gasteiger partial charge in [-0.1, -0.05) is 39.8 Å². The lowest BCUT2D eigenvalue weighted by Crippen LogP contribution is -2.42. The Morgan fingerprint density at radius 3 is 2.46 bits per heavy atom. The predicted molar refractivity (Wildman–Crippen MR) is 96.2 cm³/mol. The highest BCUT2D eigenvalue weighted by molar-refractivity contribution is 5.65. The minimum absolute atomic E-state index is 0.00969. The molecule has 0 saturated heterocycles. The maximum absolute atomic E-state index is 6.22. The van der Waals surface area contributed by atoms with Crippen LogP contribution in [0.3, 0.4) is 0 Å². The summed E-state index contributed by atoms with van der Waals surface area (Å²) in [6.07, 6.45) is 6.05. The van der Waals surface area contributed by atoms with E-state index in [-0.39, 0.29) is 6.10 Å². The molecule has 0 saturated carbocycles. The van der Waals surface area contributed by atoms with Crippen LogP contribution in [0.1, 0.15) is 47.1 Å². The number of nitrogens with zero attached hydrogens (tertiary/aromatic N) is 2. The molecular formula is C20H29N2O2+. The Hall–Kier alpha value is -2.07. The molecule has 0 N–H and O–H groups in total. The number of hydrogen-bond donors (Lipinski definition) is 0. The summed E-state index contributed by atoms with van der Waals surface area (Å²) in [6.45, 7) is 12.0. The molecule has 24 heavy (non-hydrogen) atoms. The molecule has 1 aromatic heterocycles. The van der Waals surface area contributed by atoms with E-state index in [9.17, 15) is 0 Å². The Balaban J connectivity index is 0.000000487. The molecule has 4 rings (SSSR count). The van der Waals surface area contributed by atoms with Crippen molar-refractivity contribution in [3.8, 4) is 11.4 Å². The minimum Gasteiger partial charge on any atom is -0.428 e. The largest absolute Gasteiger partial charge is 0.428 e. The van der Waals surface area contributed by atoms with Gasteiger partial charge in [-0.2, -0.15) is 4.57 Å². The van der Waals surface area contributed by atoms with E-state index < -0.39 is 5.91 Å². The molecule has 3 heterocycles. The standard InChI is InChI=1S/C16H17N2O2.2C2H6/c1-11-10-12(2)20-16(19-11)14-7-5-4-6-13(14)15-17(3)8-9-18(15)16;2*1-2/h4-11H,1-3H3;2*1-2H3/q+1;;. The fourth-order valence-electron chi connectivity index (χ4n) is 3.24. The van der Waals surface area contributed by atoms with Crippen molar-refractivity contribution in [1.29, 1.82) is 0 Å². The van der Waals surface area contributed by atoms with Gasteiger partial charge in [-0.15, -0.1) is 0 Å². The van der Waals surface area contributed by atoms with Crippen LogP contribution in [0.2, 0.25) is 0 Å². The van der Waals surface area contributed by atoms with E-state index in [1.807, 2.05) is 79.2 Å². The molecule has 2 atom stereocenters. The van der Waals surface area contributed by atoms with Crippen LogP contribution in [0.5, 0.6) is 0 Å². The number of hydrogen-bond acceptors (Lipinski definition) is 2. The number of aryl methyl sites for hydroxylation is 1. The van der Waals surface area contributed by atoms with E-state index in [1.165, 1.54) is 0 Å². The fourth-order valence-corrected chi connectivity index (χ4v) is 3.24. The molecule has 4 nitrogen and oxygen atoms in total. The van der Waals surface area contributed by atoms with Crippen molar-refractivity contribution in [3.63, 3.8) is 0 Å². The number of imidazole rings is 1. The van der Waals surface area contributed by atoms with Crippen molar-refractivity contribution in [2.75, 3.05) is 0 Å². The smallest absolute Gasteiger partial charge is 0.400 e. The summed E-state index contributed by atoms with van der Waals surface area (Å²) in [5.41, 5.74) is 2.22. The maximum atomic E-state index is 6.22. The van der Waals surface area contributed by atoms with Gasteiger partial charge in [0.2, 0.25) is 0 Å². The van der Waals surface area contributed by atoms with Crippen molar-refractivity contribution >= 4 is 0 Å². The van der Waals surface area contributed by atoms with Crippen molar-refractivity contribution in [2.45, 2.75) is 53.6 Å². The first-order chi connectivity index (χ1) is 11.6. The lowest BCUT2D eigenvalue weighted by molar-refractivity contribution is -0.659. The molecule has 0 amide bonds. The molecule has 0 radical (unpaired) electrons. The van der Waals surface area contributed by atoms with Gasteiger partial charge in [0.15, 0.2) is 0 Å². The molecule has 1 aromatic carbocycles. The van der Waals surface area contributed by atoms with Crippen LogP contribution in [0.15, 0.2) is 48.5 Å². The van der Waals surface area contributed by atoms with Crippen molar-refractivity contribution in [1.82, 2.24) is 4.57 Å². The Kier molecular flexibility index (Phi) is 5.50. The number of rotatable bonds is 0. The lowest BCUT2D eigenvalue weighted by atomic mass is 10.1. The van der Waals surface area contributed by atoms with Gasteiger partial charge in [-0.3, -0.25) is 4.74 Å². The molecule has 2 aromatic rings. The first-order valence-electron chi connectivity index (χ1n) is 8.84. The maximum Gasteiger partial charge on any atom is 0.400 e. The summed E-state index contributed by atoms with van der Waals surface area (Å²) in [5, 5.41) is 0. The zero-order valence-corrected chi connectivity index (χ0v) is 15.8. The van der Waals surface area contributed by atoms with Crippen molar-refractivity contribution in [2.24, 2.45) is 7.05 Å². The monoisotopic (exact) mass is 329 g/mol. The highest BCUT2D eigenvalue weighted by atomic mass is 16.7. The third-order valence-electron chi connectivity index (χ3n) is 3.94. The highest BCUT2D eigenvalue weighted by Crippen LogP contribution is 2.46. The predicted octanol–water partition coefficient (Wildman–Crippen LogP) is 4.34. The summed E-state index contributed by atoms with van der Waals surface area (Å²) < 4.78 is 16.6. The second kappa shape index (κ2) is 7.22. The SMILES string of the molecule is CC.CC.CC1=CC(C)OC2(O1)c1ccccc1-c1n2cc[n+]1C. The van der Waals surface area contributed by atoms with Crippen LogP contribution in [0.4, 0.5) is 0 Å². The van der Waals surface area contributed by atoms with E-state index in [1.54, 1.807) is 0 Å². The Morgan fingerprint density at radius 1 is 1.12 bits per heavy atom. The third-order valence-corrected chi connectivity index (χ3v) is 3.94. The zero-order valence-electron chi connectivity index (χ0n) is 15.8. The van der Waals surface area contributed by atoms with Crippen LogP contribution < -0.4 is 4.57 Å². The number of aromatic nitrogens is 2. The molecule has 2 unspecified atom stereocenters. The van der Waals surface area contributed by atoms with Crippen LogP contribution in [0.25, 0.3) is 11.4 Å². The molecule has 2 aliphatic rings. The van der Waals surface area contributed by atoms with Gasteiger partial charge in [0.1, 0.15) is 18.2 Å². The number of ether oxygens (including phenoxy) is 2. The zero-order chi connectivity index (χ0) is 17.9. The second-order valence-electron chi connectivity index (χ2n) is 5.43. The number of benzene rings is 1. The first-order valence-corrected chi connectivity index (χ1v) is 8.84. The van der Waals surface area contributed by atoms with Crippen molar-refractivity contribution in [3.05, 3.63) is 54.1 Å². The fraction of sp³-hybridized carbons (Fsp3) is 0.450. The summed E-state index contributed by atoms with van der Waals surface area (Å²) in [6, 6.07) is 8.26. The Morgan fingerprint density at radius 2 is 1.79 bits per heavy atom. The second-order valence-corrected chi connectivity index (χ2v) is 5.43. The van der Waals surface area contributed by atoms with Crippen LogP contribution in [0, 0.1) is 0 Å². The van der Waals surface area contributed by atoms with Crippen molar-refractivity contribution < 1.29 is 14.0 Å². The van der Waals surface area contributed by atoms with Gasteiger partial charge in [0, 0.05) is 0 Å². The van der Waals surface area contributed by atoms with Gasteiger partial charge in [-0.25, -0.2) is 4.57 Å². The highest BCUT2D eigenvalue weighted by Gasteiger charge is 2.56. The number of fused-ring (bicyclic) bond motifs is 5. The summed E-state index contributed by atoms with van der Waals surface area (Å²) in [4.78, 5) is 0. The van der Waals surface area contributed by atoms with Crippen LogP contribution >= 0.6 is 0 Å². The molecule has 4 heteroatoms. The molecule has 0 fully saturated rings. The quantitative estimate of drug-likeness (QED) is 0.672. The molecule has 0 aliphatic carbocycles. The van der Waals surface area contributed by atoms with E-state index in [0.717, 1.165) is 22.7 Å². The van der Waals surface area contributed by atoms with Gasteiger partial charge in [0.25, 0.3) is 5.82 Å². The van der Waals surface area contributed by atoms with Gasteiger partial charge in [-0.05, 0) is 32.1 Å². The summed E-state index contributed by atoms with van der Waals surface area (Å²) in [5.74, 6) is 1.12. The average molecular weight is 329 g/mol. The van der Waals surface area contributed by atoms with Gasteiger partial charge >= 0.3 is 5.91 Å². The molecule has 1 spiro atoms. The minimum atomic E-state index is -0.870. The van der Waals surface area contributed by atoms with E-state index >= 15 is 0 Å². The molecule has 130 valence electrons. The molecule has 0 bridgehead atoms. The molecule has 2 aliphatic heterocycles. The Bertz CT molecular complexity index is 733. The average Bonchev–Trinajstić information content (AvgIpc) is 3.10.